The normalized spacial score (nSPS) is 11.0. The Kier molecular flexibility index (Phi) is 3.66. The van der Waals surface area contributed by atoms with Crippen molar-refractivity contribution >= 4 is 23.2 Å². The molecule has 0 fully saturated rings. The van der Waals surface area contributed by atoms with Crippen molar-refractivity contribution in [2.24, 2.45) is 0 Å². The van der Waals surface area contributed by atoms with E-state index in [4.69, 9.17) is 5.26 Å². The molecule has 0 spiro atoms. The number of rotatable bonds is 3. The number of hydrogen-bond donors (Lipinski definition) is 0. The predicted octanol–water partition coefficient (Wildman–Crippen LogP) is 3.68. The maximum atomic E-state index is 12.7. The lowest BCUT2D eigenvalue weighted by atomic mass is 10.0. The van der Waals surface area contributed by atoms with Crippen LogP contribution in [-0.4, -0.2) is 5.78 Å². The zero-order chi connectivity index (χ0) is 13.0. The van der Waals surface area contributed by atoms with Crippen molar-refractivity contribution in [1.82, 2.24) is 0 Å². The van der Waals surface area contributed by atoms with Gasteiger partial charge >= 0.3 is 0 Å². The van der Waals surface area contributed by atoms with E-state index in [1.807, 2.05) is 6.07 Å². The van der Waals surface area contributed by atoms with E-state index in [-0.39, 0.29) is 17.2 Å². The molecule has 1 aromatic carbocycles. The highest BCUT2D eigenvalue weighted by Gasteiger charge is 2.12. The van der Waals surface area contributed by atoms with Crippen LogP contribution in [0, 0.1) is 17.1 Å². The zero-order valence-corrected chi connectivity index (χ0v) is 10.1. The fourth-order valence-electron chi connectivity index (χ4n) is 1.42. The molecule has 0 unspecified atom stereocenters. The van der Waals surface area contributed by atoms with Crippen molar-refractivity contribution in [2.75, 3.05) is 0 Å². The third-order valence-electron chi connectivity index (χ3n) is 2.33. The Bertz CT molecular complexity index is 621. The van der Waals surface area contributed by atoms with E-state index in [0.717, 1.165) is 0 Å². The summed E-state index contributed by atoms with van der Waals surface area (Å²) in [5.74, 6) is -0.669. The Labute approximate surface area is 108 Å². The van der Waals surface area contributed by atoms with Crippen LogP contribution < -0.4 is 0 Å². The number of ketones is 1. The first-order valence-corrected chi connectivity index (χ1v) is 6.09. The largest absolute Gasteiger partial charge is 0.288 e. The average molecular weight is 257 g/mol. The number of benzene rings is 1. The number of Topliss-reactive ketones (excluding diaryl/α,β-unsaturated/α-hetero) is 1. The number of nitriles is 1. The molecule has 0 amide bonds. The van der Waals surface area contributed by atoms with Crippen LogP contribution in [0.1, 0.15) is 15.9 Å². The van der Waals surface area contributed by atoms with Gasteiger partial charge in [0.1, 0.15) is 17.5 Å². The third kappa shape index (κ3) is 2.70. The van der Waals surface area contributed by atoms with E-state index in [2.05, 4.69) is 0 Å². The Morgan fingerprint density at radius 2 is 2.00 bits per heavy atom. The first kappa shape index (κ1) is 12.2. The van der Waals surface area contributed by atoms with Gasteiger partial charge in [-0.3, -0.25) is 4.79 Å². The summed E-state index contributed by atoms with van der Waals surface area (Å²) < 4.78 is 12.7. The zero-order valence-electron chi connectivity index (χ0n) is 9.26. The van der Waals surface area contributed by atoms with Crippen LogP contribution in [-0.2, 0) is 0 Å². The quantitative estimate of drug-likeness (QED) is 0.478. The second-order valence-corrected chi connectivity index (χ2v) is 4.34. The minimum absolute atomic E-state index is 0.0417. The van der Waals surface area contributed by atoms with Gasteiger partial charge in [0.2, 0.25) is 5.78 Å². The van der Waals surface area contributed by atoms with Crippen LogP contribution in [0.3, 0.4) is 0 Å². The molecule has 2 rings (SSSR count). The smallest absolute Gasteiger partial charge is 0.204 e. The highest BCUT2D eigenvalue weighted by atomic mass is 32.1. The Hall–Kier alpha value is -2.25. The molecular weight excluding hydrogens is 249 g/mol. The van der Waals surface area contributed by atoms with Gasteiger partial charge in [0.05, 0.1) is 0 Å². The lowest BCUT2D eigenvalue weighted by molar-refractivity contribution is 0.104. The Morgan fingerprint density at radius 1 is 1.28 bits per heavy atom. The summed E-state index contributed by atoms with van der Waals surface area (Å²) in [6, 6.07) is 9.16. The molecule has 88 valence electrons. The van der Waals surface area contributed by atoms with E-state index in [1.54, 1.807) is 16.8 Å². The molecular formula is C14H8FNOS. The number of nitrogens with zero attached hydrogens (tertiary/aromatic N) is 1. The van der Waals surface area contributed by atoms with Gasteiger partial charge < -0.3 is 0 Å². The van der Waals surface area contributed by atoms with Crippen LogP contribution in [0.25, 0.3) is 6.08 Å². The summed E-state index contributed by atoms with van der Waals surface area (Å²) in [7, 11) is 0. The molecule has 1 aromatic heterocycles. The van der Waals surface area contributed by atoms with Gasteiger partial charge in [-0.25, -0.2) is 4.39 Å². The van der Waals surface area contributed by atoms with E-state index in [9.17, 15) is 9.18 Å². The van der Waals surface area contributed by atoms with Gasteiger partial charge in [-0.05, 0) is 35.2 Å². The van der Waals surface area contributed by atoms with Crippen LogP contribution >= 0.6 is 11.3 Å². The number of thiophene rings is 1. The van der Waals surface area contributed by atoms with Crippen molar-refractivity contribution in [2.45, 2.75) is 0 Å². The fraction of sp³-hybridized carbons (Fsp3) is 0. The summed E-state index contributed by atoms with van der Waals surface area (Å²) in [6.07, 6.45) is 1.46. The second kappa shape index (κ2) is 5.39. The molecule has 2 aromatic rings. The lowest BCUT2D eigenvalue weighted by Crippen LogP contribution is -1.99. The summed E-state index contributed by atoms with van der Waals surface area (Å²) >= 11 is 1.40. The molecule has 4 heteroatoms. The van der Waals surface area contributed by atoms with Crippen LogP contribution in [0.2, 0.25) is 0 Å². The number of hydrogen-bond acceptors (Lipinski definition) is 3. The third-order valence-corrected chi connectivity index (χ3v) is 3.01. The van der Waals surface area contributed by atoms with Crippen LogP contribution in [0.4, 0.5) is 4.39 Å². The minimum Gasteiger partial charge on any atom is -0.288 e. The van der Waals surface area contributed by atoms with Crippen LogP contribution in [0.5, 0.6) is 0 Å². The fourth-order valence-corrected chi connectivity index (χ4v) is 2.06. The van der Waals surface area contributed by atoms with Crippen molar-refractivity contribution < 1.29 is 9.18 Å². The van der Waals surface area contributed by atoms with E-state index < -0.39 is 0 Å². The Balaban J connectivity index is 2.32. The molecule has 1 heterocycles. The summed E-state index contributed by atoms with van der Waals surface area (Å²) in [5.41, 5.74) is 1.16. The van der Waals surface area contributed by atoms with Gasteiger partial charge in [0, 0.05) is 10.9 Å². The lowest BCUT2D eigenvalue weighted by Gasteiger charge is -1.97. The molecule has 0 bridgehead atoms. The summed E-state index contributed by atoms with van der Waals surface area (Å²) in [4.78, 5) is 12.0. The first-order valence-electron chi connectivity index (χ1n) is 5.15. The van der Waals surface area contributed by atoms with Crippen molar-refractivity contribution in [1.29, 1.82) is 5.26 Å². The van der Waals surface area contributed by atoms with Crippen molar-refractivity contribution in [3.63, 3.8) is 0 Å². The molecule has 0 aliphatic carbocycles. The van der Waals surface area contributed by atoms with Crippen molar-refractivity contribution in [3.8, 4) is 6.07 Å². The van der Waals surface area contributed by atoms with Gasteiger partial charge in [-0.1, -0.05) is 12.1 Å². The van der Waals surface area contributed by atoms with Gasteiger partial charge in [0.25, 0.3) is 0 Å². The van der Waals surface area contributed by atoms with E-state index in [1.165, 1.54) is 41.7 Å². The van der Waals surface area contributed by atoms with Crippen molar-refractivity contribution in [3.05, 3.63) is 63.6 Å². The Morgan fingerprint density at radius 3 is 2.56 bits per heavy atom. The molecule has 0 radical (unpaired) electrons. The highest BCUT2D eigenvalue weighted by molar-refractivity contribution is 7.08. The SMILES string of the molecule is N#C/C(=C/c1ccc(F)cc1)C(=O)c1ccsc1. The molecule has 0 aliphatic heterocycles. The molecule has 0 atom stereocenters. The summed E-state index contributed by atoms with van der Waals surface area (Å²) in [6.45, 7) is 0. The van der Waals surface area contributed by atoms with Gasteiger partial charge in [0.15, 0.2) is 0 Å². The molecule has 0 saturated carbocycles. The standard InChI is InChI=1S/C14H8FNOS/c15-13-3-1-10(2-4-13)7-12(8-16)14(17)11-5-6-18-9-11/h1-7,9H/b12-7-. The van der Waals surface area contributed by atoms with E-state index >= 15 is 0 Å². The maximum Gasteiger partial charge on any atom is 0.204 e. The molecule has 0 aliphatic rings. The van der Waals surface area contributed by atoms with Crippen LogP contribution in [0.15, 0.2) is 46.7 Å². The monoisotopic (exact) mass is 257 g/mol. The number of carbonyl (C=O) groups excluding carboxylic acids is 1. The average Bonchev–Trinajstić information content (AvgIpc) is 2.91. The minimum atomic E-state index is -0.352. The van der Waals surface area contributed by atoms with E-state index in [0.29, 0.717) is 11.1 Å². The second-order valence-electron chi connectivity index (χ2n) is 3.56. The van der Waals surface area contributed by atoms with Gasteiger partial charge in [-0.2, -0.15) is 16.6 Å². The predicted molar refractivity (Wildman–Crippen MR) is 68.6 cm³/mol. The molecule has 18 heavy (non-hydrogen) atoms. The van der Waals surface area contributed by atoms with Gasteiger partial charge in [-0.15, -0.1) is 0 Å². The first-order chi connectivity index (χ1) is 8.70. The number of halogens is 1. The molecule has 0 N–H and O–H groups in total. The topological polar surface area (TPSA) is 40.9 Å². The molecule has 0 saturated heterocycles. The summed E-state index contributed by atoms with van der Waals surface area (Å²) in [5, 5.41) is 12.5. The number of allylic oxidation sites excluding steroid dienone is 1. The maximum absolute atomic E-state index is 12.7. The molecule has 2 nitrogen and oxygen atoms in total. The highest BCUT2D eigenvalue weighted by Crippen LogP contribution is 2.15. The number of carbonyl (C=O) groups is 1.